The van der Waals surface area contributed by atoms with Gasteiger partial charge in [-0.2, -0.15) is 0 Å². The predicted octanol–water partition coefficient (Wildman–Crippen LogP) is 2.43. The first-order chi connectivity index (χ1) is 9.69. The fourth-order valence-electron chi connectivity index (χ4n) is 2.85. The van der Waals surface area contributed by atoms with Crippen LogP contribution in [-0.2, 0) is 6.42 Å². The molecule has 1 aliphatic rings. The van der Waals surface area contributed by atoms with E-state index in [0.29, 0.717) is 6.04 Å². The third-order valence-corrected chi connectivity index (χ3v) is 4.21. The van der Waals surface area contributed by atoms with E-state index in [-0.39, 0.29) is 6.73 Å². The van der Waals surface area contributed by atoms with Gasteiger partial charge < -0.3 is 14.9 Å². The number of aryl methyl sites for hydroxylation is 1. The number of likely N-dealkylation sites (tertiary alicyclic amines) is 1. The average molecular weight is 275 g/mol. The maximum absolute atomic E-state index is 9.79. The first kappa shape index (κ1) is 15.0. The van der Waals surface area contributed by atoms with E-state index < -0.39 is 0 Å². The normalized spacial score (nSPS) is 17.1. The maximum Gasteiger partial charge on any atom is 0.116 e. The lowest BCUT2D eigenvalue weighted by Crippen LogP contribution is -2.44. The van der Waals surface area contributed by atoms with E-state index in [1.54, 1.807) is 0 Å². The Labute approximate surface area is 121 Å². The number of aliphatic imine (C=N–C) groups is 1. The van der Waals surface area contributed by atoms with Crippen LogP contribution in [0.1, 0.15) is 25.3 Å². The van der Waals surface area contributed by atoms with Crippen LogP contribution >= 0.6 is 0 Å². The van der Waals surface area contributed by atoms with Gasteiger partial charge in [0, 0.05) is 6.04 Å². The molecule has 1 N–H and O–H groups in total. The van der Waals surface area contributed by atoms with E-state index in [9.17, 15) is 5.11 Å². The molecule has 4 nitrogen and oxygen atoms in total. The molecule has 0 radical (unpaired) electrons. The third kappa shape index (κ3) is 3.19. The summed E-state index contributed by atoms with van der Waals surface area (Å²) in [5, 5.41) is 9.79. The zero-order valence-corrected chi connectivity index (χ0v) is 12.5. The van der Waals surface area contributed by atoms with Crippen molar-refractivity contribution in [3.05, 3.63) is 23.8 Å². The lowest BCUT2D eigenvalue weighted by atomic mass is 10.0. The highest BCUT2D eigenvalue weighted by Crippen LogP contribution is 2.32. The van der Waals surface area contributed by atoms with E-state index in [1.807, 2.05) is 0 Å². The van der Waals surface area contributed by atoms with E-state index in [0.717, 1.165) is 43.7 Å². The summed E-state index contributed by atoms with van der Waals surface area (Å²) < 4.78 is 0. The number of rotatable bonds is 5. The van der Waals surface area contributed by atoms with E-state index in [4.69, 9.17) is 0 Å². The smallest absolute Gasteiger partial charge is 0.116 e. The SMILES string of the molecule is C=Nc1cc(CC)ccc1N(CO)C1CCN(C)CC1. The van der Waals surface area contributed by atoms with Gasteiger partial charge in [0.1, 0.15) is 6.73 Å². The van der Waals surface area contributed by atoms with Crippen LogP contribution in [0.2, 0.25) is 0 Å². The van der Waals surface area contributed by atoms with Gasteiger partial charge in [0.25, 0.3) is 0 Å². The lowest BCUT2D eigenvalue weighted by molar-refractivity contribution is 0.216. The van der Waals surface area contributed by atoms with Crippen molar-refractivity contribution >= 4 is 18.1 Å². The summed E-state index contributed by atoms with van der Waals surface area (Å²) in [5.41, 5.74) is 3.11. The third-order valence-electron chi connectivity index (χ3n) is 4.21. The van der Waals surface area contributed by atoms with Crippen LogP contribution in [0.25, 0.3) is 0 Å². The minimum atomic E-state index is 0.0301. The molecule has 20 heavy (non-hydrogen) atoms. The Hall–Kier alpha value is -1.39. The molecular formula is C16H25N3O. The van der Waals surface area contributed by atoms with Crippen molar-refractivity contribution in [2.24, 2.45) is 4.99 Å². The van der Waals surface area contributed by atoms with Crippen molar-refractivity contribution in [2.75, 3.05) is 31.8 Å². The van der Waals surface area contributed by atoms with Crippen LogP contribution < -0.4 is 4.90 Å². The standard InChI is InChI=1S/C16H25N3O/c1-4-13-5-6-16(15(11-13)17-2)19(12-20)14-7-9-18(3)10-8-14/h5-6,11,14,20H,2,4,7-10,12H2,1,3H3. The molecule has 1 saturated heterocycles. The van der Waals surface area contributed by atoms with Gasteiger partial charge in [-0.15, -0.1) is 0 Å². The number of aliphatic hydroxyl groups is 1. The molecule has 0 saturated carbocycles. The van der Waals surface area contributed by atoms with E-state index >= 15 is 0 Å². The molecule has 1 heterocycles. The summed E-state index contributed by atoms with van der Waals surface area (Å²) in [7, 11) is 2.15. The van der Waals surface area contributed by atoms with Crippen molar-refractivity contribution in [3.63, 3.8) is 0 Å². The van der Waals surface area contributed by atoms with Gasteiger partial charge in [-0.1, -0.05) is 13.0 Å². The summed E-state index contributed by atoms with van der Waals surface area (Å²) >= 11 is 0. The molecule has 1 aromatic rings. The van der Waals surface area contributed by atoms with Crippen LogP contribution in [-0.4, -0.2) is 49.6 Å². The number of piperidine rings is 1. The summed E-state index contributed by atoms with van der Waals surface area (Å²) in [6, 6.07) is 6.63. The molecular weight excluding hydrogens is 250 g/mol. The van der Waals surface area contributed by atoms with Crippen molar-refractivity contribution < 1.29 is 5.11 Å². The molecule has 0 atom stereocenters. The topological polar surface area (TPSA) is 39.1 Å². The second-order valence-electron chi connectivity index (χ2n) is 5.48. The highest BCUT2D eigenvalue weighted by atomic mass is 16.3. The average Bonchev–Trinajstić information content (AvgIpc) is 2.50. The van der Waals surface area contributed by atoms with Crippen molar-refractivity contribution in [1.29, 1.82) is 0 Å². The second-order valence-corrected chi connectivity index (χ2v) is 5.48. The van der Waals surface area contributed by atoms with Gasteiger partial charge in [0.15, 0.2) is 0 Å². The molecule has 0 aromatic heterocycles. The summed E-state index contributed by atoms with van der Waals surface area (Å²) in [6.07, 6.45) is 3.13. The lowest BCUT2D eigenvalue weighted by Gasteiger charge is -2.38. The quantitative estimate of drug-likeness (QED) is 0.662. The Kier molecular flexibility index (Phi) is 5.15. The first-order valence-electron chi connectivity index (χ1n) is 7.35. The highest BCUT2D eigenvalue weighted by Gasteiger charge is 2.24. The first-order valence-corrected chi connectivity index (χ1v) is 7.35. The molecule has 0 aliphatic carbocycles. The Balaban J connectivity index is 2.24. The molecule has 0 amide bonds. The fourth-order valence-corrected chi connectivity index (χ4v) is 2.85. The Morgan fingerprint density at radius 3 is 2.65 bits per heavy atom. The van der Waals surface area contributed by atoms with Gasteiger partial charge in [-0.05, 0) is 63.8 Å². The maximum atomic E-state index is 9.79. The van der Waals surface area contributed by atoms with E-state index in [2.05, 4.69) is 53.7 Å². The number of hydrogen-bond donors (Lipinski definition) is 1. The number of hydrogen-bond acceptors (Lipinski definition) is 4. The Morgan fingerprint density at radius 2 is 2.10 bits per heavy atom. The largest absolute Gasteiger partial charge is 0.376 e. The highest BCUT2D eigenvalue weighted by molar-refractivity contribution is 5.70. The van der Waals surface area contributed by atoms with Gasteiger partial charge in [0.2, 0.25) is 0 Å². The van der Waals surface area contributed by atoms with Crippen LogP contribution in [0.3, 0.4) is 0 Å². The molecule has 1 aromatic carbocycles. The predicted molar refractivity (Wildman–Crippen MR) is 85.1 cm³/mol. The minimum Gasteiger partial charge on any atom is -0.376 e. The van der Waals surface area contributed by atoms with E-state index in [1.165, 1.54) is 5.56 Å². The van der Waals surface area contributed by atoms with Crippen LogP contribution in [0, 0.1) is 0 Å². The van der Waals surface area contributed by atoms with Crippen molar-refractivity contribution in [2.45, 2.75) is 32.2 Å². The molecule has 0 bridgehead atoms. The summed E-state index contributed by atoms with van der Waals surface area (Å²) in [6.45, 7) is 7.98. The molecule has 1 fully saturated rings. The second kappa shape index (κ2) is 6.86. The van der Waals surface area contributed by atoms with Gasteiger partial charge >= 0.3 is 0 Å². The number of nitrogens with zero attached hydrogens (tertiary/aromatic N) is 3. The molecule has 4 heteroatoms. The molecule has 2 rings (SSSR count). The Bertz CT molecular complexity index is 453. The number of aliphatic hydroxyl groups excluding tert-OH is 1. The van der Waals surface area contributed by atoms with Gasteiger partial charge in [-0.3, -0.25) is 4.99 Å². The number of anilines is 1. The van der Waals surface area contributed by atoms with Crippen LogP contribution in [0.4, 0.5) is 11.4 Å². The molecule has 1 aliphatic heterocycles. The molecule has 0 spiro atoms. The minimum absolute atomic E-state index is 0.0301. The summed E-state index contributed by atoms with van der Waals surface area (Å²) in [4.78, 5) is 8.54. The van der Waals surface area contributed by atoms with Gasteiger partial charge in [-0.25, -0.2) is 0 Å². The molecule has 110 valence electrons. The van der Waals surface area contributed by atoms with Crippen molar-refractivity contribution in [1.82, 2.24) is 4.90 Å². The van der Waals surface area contributed by atoms with Gasteiger partial charge in [0.05, 0.1) is 11.4 Å². The van der Waals surface area contributed by atoms with Crippen LogP contribution in [0.5, 0.6) is 0 Å². The summed E-state index contributed by atoms with van der Waals surface area (Å²) in [5.74, 6) is 0. The zero-order valence-electron chi connectivity index (χ0n) is 12.5. The van der Waals surface area contributed by atoms with Crippen molar-refractivity contribution in [3.8, 4) is 0 Å². The van der Waals surface area contributed by atoms with Crippen LogP contribution in [0.15, 0.2) is 23.2 Å². The zero-order chi connectivity index (χ0) is 14.5. The number of benzene rings is 1. The fraction of sp³-hybridized carbons (Fsp3) is 0.562. The monoisotopic (exact) mass is 275 g/mol. The molecule has 0 unspecified atom stereocenters. The Morgan fingerprint density at radius 1 is 1.40 bits per heavy atom.